The van der Waals surface area contributed by atoms with E-state index in [-0.39, 0.29) is 29.9 Å². The quantitative estimate of drug-likeness (QED) is 0.432. The van der Waals surface area contributed by atoms with Crippen molar-refractivity contribution in [1.29, 1.82) is 0 Å². The van der Waals surface area contributed by atoms with Crippen LogP contribution in [0.3, 0.4) is 0 Å². The molecular formula is C18H29IN4O. The van der Waals surface area contributed by atoms with Crippen LogP contribution >= 0.6 is 24.0 Å². The summed E-state index contributed by atoms with van der Waals surface area (Å²) < 4.78 is 0. The molecule has 0 aromatic heterocycles. The number of nitrogens with zero attached hydrogens (tertiary/aromatic N) is 3. The third kappa shape index (κ3) is 5.65. The second kappa shape index (κ2) is 10.5. The second-order valence-electron chi connectivity index (χ2n) is 6.01. The lowest BCUT2D eigenvalue weighted by atomic mass is 10.00. The van der Waals surface area contributed by atoms with Gasteiger partial charge in [-0.15, -0.1) is 24.0 Å². The van der Waals surface area contributed by atoms with Gasteiger partial charge in [0.2, 0.25) is 5.91 Å². The molecule has 5 nitrogen and oxygen atoms in total. The summed E-state index contributed by atoms with van der Waals surface area (Å²) in [4.78, 5) is 20.7. The summed E-state index contributed by atoms with van der Waals surface area (Å²) in [6, 6.07) is 8.36. The van der Waals surface area contributed by atoms with Crippen LogP contribution in [0.5, 0.6) is 0 Å². The van der Waals surface area contributed by atoms with E-state index >= 15 is 0 Å². The van der Waals surface area contributed by atoms with Crippen LogP contribution in [0.25, 0.3) is 0 Å². The number of nitrogens with one attached hydrogen (secondary N) is 1. The number of amides is 1. The Balaban J connectivity index is 0.00000288. The average molecular weight is 444 g/mol. The largest absolute Gasteiger partial charge is 0.347 e. The van der Waals surface area contributed by atoms with Gasteiger partial charge >= 0.3 is 0 Å². The first-order valence-electron chi connectivity index (χ1n) is 8.42. The topological polar surface area (TPSA) is 47.9 Å². The van der Waals surface area contributed by atoms with Crippen LogP contribution in [0.15, 0.2) is 29.3 Å². The monoisotopic (exact) mass is 444 g/mol. The van der Waals surface area contributed by atoms with Crippen molar-refractivity contribution >= 4 is 35.8 Å². The lowest BCUT2D eigenvalue weighted by molar-refractivity contribution is -0.130. The lowest BCUT2D eigenvalue weighted by Crippen LogP contribution is -2.46. The van der Waals surface area contributed by atoms with Gasteiger partial charge in [-0.3, -0.25) is 9.79 Å². The molecule has 1 amide bonds. The number of rotatable bonds is 5. The van der Waals surface area contributed by atoms with Crippen LogP contribution in [-0.2, 0) is 17.8 Å². The Labute approximate surface area is 162 Å². The van der Waals surface area contributed by atoms with Gasteiger partial charge in [0.1, 0.15) is 0 Å². The number of fused-ring (bicyclic) bond motifs is 1. The number of unbranched alkanes of at least 4 members (excludes halogenated alkanes) is 1. The van der Waals surface area contributed by atoms with Crippen molar-refractivity contribution in [2.24, 2.45) is 4.99 Å². The molecule has 0 saturated heterocycles. The van der Waals surface area contributed by atoms with E-state index in [9.17, 15) is 4.79 Å². The Kier molecular flexibility index (Phi) is 9.10. The van der Waals surface area contributed by atoms with Crippen LogP contribution in [0.1, 0.15) is 30.9 Å². The van der Waals surface area contributed by atoms with E-state index in [4.69, 9.17) is 0 Å². The summed E-state index contributed by atoms with van der Waals surface area (Å²) in [5.41, 5.74) is 2.62. The van der Waals surface area contributed by atoms with Crippen LogP contribution in [-0.4, -0.2) is 55.4 Å². The van der Waals surface area contributed by atoms with Crippen LogP contribution in [0, 0.1) is 0 Å². The summed E-state index contributed by atoms with van der Waals surface area (Å²) in [5.74, 6) is 0.911. The number of hydrogen-bond acceptors (Lipinski definition) is 2. The van der Waals surface area contributed by atoms with Gasteiger partial charge in [-0.1, -0.05) is 37.6 Å². The Hall–Kier alpha value is -1.31. The Morgan fingerprint density at radius 1 is 1.33 bits per heavy atom. The molecule has 0 aliphatic carbocycles. The first kappa shape index (κ1) is 20.7. The normalized spacial score (nSPS) is 13.8. The molecule has 134 valence electrons. The molecule has 0 fully saturated rings. The minimum absolute atomic E-state index is 0. The van der Waals surface area contributed by atoms with E-state index in [1.54, 1.807) is 7.05 Å². The zero-order chi connectivity index (χ0) is 16.7. The van der Waals surface area contributed by atoms with Gasteiger partial charge in [-0.2, -0.15) is 0 Å². The minimum Gasteiger partial charge on any atom is -0.347 e. The zero-order valence-corrected chi connectivity index (χ0v) is 17.2. The van der Waals surface area contributed by atoms with Gasteiger partial charge in [-0.25, -0.2) is 0 Å². The molecule has 1 aromatic rings. The van der Waals surface area contributed by atoms with Crippen molar-refractivity contribution < 1.29 is 4.79 Å². The fourth-order valence-electron chi connectivity index (χ4n) is 2.86. The summed E-state index contributed by atoms with van der Waals surface area (Å²) in [6.07, 6.45) is 3.20. The summed E-state index contributed by atoms with van der Waals surface area (Å²) >= 11 is 0. The fourth-order valence-corrected chi connectivity index (χ4v) is 2.86. The third-order valence-electron chi connectivity index (χ3n) is 4.30. The van der Waals surface area contributed by atoms with Crippen LogP contribution < -0.4 is 5.32 Å². The molecule has 24 heavy (non-hydrogen) atoms. The molecule has 2 rings (SSSR count). The van der Waals surface area contributed by atoms with Gasteiger partial charge in [0, 0.05) is 33.7 Å². The standard InChI is InChI=1S/C18H28N4O.HI/c1-4-5-11-21(3)18(19-2)20-13-17(23)22-12-10-15-8-6-7-9-16(15)14-22;/h6-9H,4-5,10-14H2,1-3H3,(H,19,20);1H. The molecule has 0 saturated carbocycles. The molecule has 0 bridgehead atoms. The number of hydrogen-bond donors (Lipinski definition) is 1. The molecule has 1 aliphatic heterocycles. The predicted octanol–water partition coefficient (Wildman–Crippen LogP) is 2.50. The van der Waals surface area contributed by atoms with Crippen molar-refractivity contribution in [3.8, 4) is 0 Å². The zero-order valence-electron chi connectivity index (χ0n) is 14.9. The maximum absolute atomic E-state index is 12.5. The first-order valence-corrected chi connectivity index (χ1v) is 8.42. The smallest absolute Gasteiger partial charge is 0.242 e. The Bertz CT molecular complexity index is 562. The molecule has 1 heterocycles. The lowest BCUT2D eigenvalue weighted by Gasteiger charge is -2.29. The molecule has 1 aliphatic rings. The number of guanidine groups is 1. The summed E-state index contributed by atoms with van der Waals surface area (Å²) in [6.45, 7) is 4.91. The average Bonchev–Trinajstić information content (AvgIpc) is 2.59. The Morgan fingerprint density at radius 2 is 2.04 bits per heavy atom. The number of halogens is 1. The van der Waals surface area contributed by atoms with E-state index in [1.807, 2.05) is 18.0 Å². The fraction of sp³-hybridized carbons (Fsp3) is 0.556. The van der Waals surface area contributed by atoms with Gasteiger partial charge in [0.05, 0.1) is 6.54 Å². The molecule has 0 spiro atoms. The summed E-state index contributed by atoms with van der Waals surface area (Å²) in [7, 11) is 3.76. The van der Waals surface area contributed by atoms with Crippen LogP contribution in [0.2, 0.25) is 0 Å². The maximum atomic E-state index is 12.5. The molecule has 0 radical (unpaired) electrons. The highest BCUT2D eigenvalue weighted by Crippen LogP contribution is 2.18. The minimum atomic E-state index is 0. The Morgan fingerprint density at radius 3 is 2.71 bits per heavy atom. The molecule has 6 heteroatoms. The molecule has 1 N–H and O–H groups in total. The van der Waals surface area contributed by atoms with Gasteiger partial charge < -0.3 is 15.1 Å². The van der Waals surface area contributed by atoms with E-state index in [0.717, 1.165) is 38.3 Å². The van der Waals surface area contributed by atoms with Gasteiger partial charge in [0.25, 0.3) is 0 Å². The number of carbonyl (C=O) groups is 1. The van der Waals surface area contributed by atoms with Crippen molar-refractivity contribution in [3.63, 3.8) is 0 Å². The maximum Gasteiger partial charge on any atom is 0.242 e. The second-order valence-corrected chi connectivity index (χ2v) is 6.01. The first-order chi connectivity index (χ1) is 11.2. The van der Waals surface area contributed by atoms with E-state index in [2.05, 4.69) is 40.3 Å². The van der Waals surface area contributed by atoms with E-state index in [0.29, 0.717) is 13.1 Å². The highest BCUT2D eigenvalue weighted by molar-refractivity contribution is 14.0. The molecule has 0 unspecified atom stereocenters. The van der Waals surface area contributed by atoms with Crippen LogP contribution in [0.4, 0.5) is 0 Å². The third-order valence-corrected chi connectivity index (χ3v) is 4.30. The predicted molar refractivity (Wildman–Crippen MR) is 110 cm³/mol. The van der Waals surface area contributed by atoms with Crippen molar-refractivity contribution in [2.75, 3.05) is 33.7 Å². The highest BCUT2D eigenvalue weighted by Gasteiger charge is 2.20. The number of carbonyl (C=O) groups excluding carboxylic acids is 1. The SMILES string of the molecule is CCCCN(C)C(=NC)NCC(=O)N1CCc2ccccc2C1.I. The summed E-state index contributed by atoms with van der Waals surface area (Å²) in [5, 5.41) is 3.18. The van der Waals surface area contributed by atoms with Crippen molar-refractivity contribution in [1.82, 2.24) is 15.1 Å². The van der Waals surface area contributed by atoms with Crippen molar-refractivity contribution in [3.05, 3.63) is 35.4 Å². The molecular weight excluding hydrogens is 415 g/mol. The van der Waals surface area contributed by atoms with Gasteiger partial charge in [-0.05, 0) is 24.0 Å². The highest BCUT2D eigenvalue weighted by atomic mass is 127. The molecule has 0 atom stereocenters. The number of aliphatic imine (C=N–C) groups is 1. The van der Waals surface area contributed by atoms with E-state index in [1.165, 1.54) is 11.1 Å². The van der Waals surface area contributed by atoms with Gasteiger partial charge in [0.15, 0.2) is 5.96 Å². The number of benzene rings is 1. The van der Waals surface area contributed by atoms with Crippen molar-refractivity contribution in [2.45, 2.75) is 32.7 Å². The molecule has 1 aromatic carbocycles. The van der Waals surface area contributed by atoms with E-state index < -0.39 is 0 Å².